The van der Waals surface area contributed by atoms with E-state index >= 15 is 0 Å². The van der Waals surface area contributed by atoms with Gasteiger partial charge in [0.25, 0.3) is 0 Å². The van der Waals surface area contributed by atoms with Gasteiger partial charge in [0.2, 0.25) is 0 Å². The molecule has 0 unspecified atom stereocenters. The van der Waals surface area contributed by atoms with Crippen LogP contribution in [0.1, 0.15) is 50.0 Å². The molecule has 0 atom stereocenters. The normalized spacial score (nSPS) is 20.2. The van der Waals surface area contributed by atoms with Crippen molar-refractivity contribution in [2.24, 2.45) is 0 Å². The summed E-state index contributed by atoms with van der Waals surface area (Å²) >= 11 is 0. The molecule has 0 bridgehead atoms. The van der Waals surface area contributed by atoms with Crippen LogP contribution in [0.3, 0.4) is 0 Å². The van der Waals surface area contributed by atoms with Gasteiger partial charge in [-0.1, -0.05) is 6.07 Å². The Morgan fingerprint density at radius 3 is 2.15 bits per heavy atom. The molecule has 2 aliphatic carbocycles. The lowest BCUT2D eigenvalue weighted by molar-refractivity contribution is -0.385. The number of carbonyl (C=O) groups is 2. The standard InChI is InChI=1S/C20H20N2O5/c1-27-17-9-8-11(10-14(17)22(25)26)18-19-12(4-2-6-15(19)23)21-13-5-3-7-16(24)20(13)18/h8-10,18,21H,2-7H2,1H3. The lowest BCUT2D eigenvalue weighted by atomic mass is 9.71. The van der Waals surface area contributed by atoms with Crippen molar-refractivity contribution in [1.29, 1.82) is 0 Å². The van der Waals surface area contributed by atoms with E-state index in [0.29, 0.717) is 29.6 Å². The van der Waals surface area contributed by atoms with Crippen molar-refractivity contribution in [3.8, 4) is 5.75 Å². The average molecular weight is 368 g/mol. The molecule has 1 aromatic rings. The molecule has 140 valence electrons. The lowest BCUT2D eigenvalue weighted by Crippen LogP contribution is -2.36. The summed E-state index contributed by atoms with van der Waals surface area (Å²) in [5.41, 5.74) is 3.34. The molecular formula is C20H20N2O5. The van der Waals surface area contributed by atoms with Crippen molar-refractivity contribution in [1.82, 2.24) is 5.32 Å². The molecule has 7 nitrogen and oxygen atoms in total. The Hall–Kier alpha value is -2.96. The largest absolute Gasteiger partial charge is 0.490 e. The predicted octanol–water partition coefficient (Wildman–Crippen LogP) is 3.30. The number of allylic oxidation sites excluding steroid dienone is 4. The van der Waals surface area contributed by atoms with Crippen molar-refractivity contribution >= 4 is 17.3 Å². The maximum atomic E-state index is 12.7. The fourth-order valence-corrected chi connectivity index (χ4v) is 4.35. The SMILES string of the molecule is COc1ccc(C2C3=C(CCCC3=O)NC3=C2C(=O)CCC3)cc1[N+](=O)[O-]. The van der Waals surface area contributed by atoms with Crippen molar-refractivity contribution in [3.63, 3.8) is 0 Å². The van der Waals surface area contributed by atoms with Gasteiger partial charge in [-0.15, -0.1) is 0 Å². The molecule has 1 N–H and O–H groups in total. The first kappa shape index (κ1) is 17.5. The van der Waals surface area contributed by atoms with Gasteiger partial charge in [-0.05, 0) is 37.3 Å². The van der Waals surface area contributed by atoms with Crippen LogP contribution in [0.5, 0.6) is 5.75 Å². The van der Waals surface area contributed by atoms with Crippen LogP contribution < -0.4 is 10.1 Å². The molecule has 0 saturated carbocycles. The summed E-state index contributed by atoms with van der Waals surface area (Å²) in [5, 5.41) is 14.8. The third-order valence-electron chi connectivity index (χ3n) is 5.52. The van der Waals surface area contributed by atoms with Crippen molar-refractivity contribution in [2.45, 2.75) is 44.4 Å². The maximum absolute atomic E-state index is 12.7. The van der Waals surface area contributed by atoms with Crippen LogP contribution in [-0.2, 0) is 9.59 Å². The number of carbonyl (C=O) groups excluding carboxylic acids is 2. The molecule has 1 aliphatic heterocycles. The van der Waals surface area contributed by atoms with Crippen LogP contribution in [0.15, 0.2) is 40.7 Å². The van der Waals surface area contributed by atoms with Gasteiger partial charge < -0.3 is 10.1 Å². The molecule has 3 aliphatic rings. The number of ketones is 2. The summed E-state index contributed by atoms with van der Waals surface area (Å²) in [6.45, 7) is 0. The Bertz CT molecular complexity index is 886. The maximum Gasteiger partial charge on any atom is 0.311 e. The number of hydrogen-bond donors (Lipinski definition) is 1. The Morgan fingerprint density at radius 1 is 1.04 bits per heavy atom. The van der Waals surface area contributed by atoms with Gasteiger partial charge in [-0.2, -0.15) is 0 Å². The van der Waals surface area contributed by atoms with Crippen molar-refractivity contribution < 1.29 is 19.2 Å². The van der Waals surface area contributed by atoms with Crippen molar-refractivity contribution in [3.05, 3.63) is 56.4 Å². The van der Waals surface area contributed by atoms with Crippen LogP contribution in [0.2, 0.25) is 0 Å². The van der Waals surface area contributed by atoms with Gasteiger partial charge in [0.1, 0.15) is 0 Å². The van der Waals surface area contributed by atoms with E-state index < -0.39 is 10.8 Å². The number of Topliss-reactive ketones (excluding diaryl/α,β-unsaturated/α-hetero) is 2. The number of dihydropyridines is 1. The van der Waals surface area contributed by atoms with Gasteiger partial charge in [0, 0.05) is 47.4 Å². The number of rotatable bonds is 3. The van der Waals surface area contributed by atoms with Crippen molar-refractivity contribution in [2.75, 3.05) is 7.11 Å². The molecule has 0 saturated heterocycles. The molecule has 1 heterocycles. The number of methoxy groups -OCH3 is 1. The van der Waals surface area contributed by atoms with Crippen LogP contribution in [0.4, 0.5) is 5.69 Å². The highest BCUT2D eigenvalue weighted by Crippen LogP contribution is 2.46. The third-order valence-corrected chi connectivity index (χ3v) is 5.52. The number of nitro groups is 1. The van der Waals surface area contributed by atoms with Gasteiger partial charge in [0.05, 0.1) is 12.0 Å². The highest BCUT2D eigenvalue weighted by Gasteiger charge is 2.40. The van der Waals surface area contributed by atoms with E-state index in [1.165, 1.54) is 19.2 Å². The molecule has 0 spiro atoms. The number of hydrogen-bond acceptors (Lipinski definition) is 6. The topological polar surface area (TPSA) is 98.5 Å². The van der Waals surface area contributed by atoms with E-state index in [1.807, 2.05) is 0 Å². The summed E-state index contributed by atoms with van der Waals surface area (Å²) in [6.07, 6.45) is 3.92. The zero-order chi connectivity index (χ0) is 19.1. The Morgan fingerprint density at radius 2 is 1.63 bits per heavy atom. The van der Waals surface area contributed by atoms with Gasteiger partial charge in [0.15, 0.2) is 17.3 Å². The third kappa shape index (κ3) is 2.83. The number of ether oxygens (including phenoxy) is 1. The zero-order valence-electron chi connectivity index (χ0n) is 15.0. The fraction of sp³-hybridized carbons (Fsp3) is 0.400. The number of benzene rings is 1. The van der Waals surface area contributed by atoms with Gasteiger partial charge >= 0.3 is 5.69 Å². The molecule has 1 aromatic carbocycles. The zero-order valence-corrected chi connectivity index (χ0v) is 15.0. The number of nitrogens with zero attached hydrogens (tertiary/aromatic N) is 1. The first-order valence-electron chi connectivity index (χ1n) is 9.13. The summed E-state index contributed by atoms with van der Waals surface area (Å²) in [6, 6.07) is 4.70. The second-order valence-corrected chi connectivity index (χ2v) is 7.08. The molecule has 0 fully saturated rings. The second kappa shape index (κ2) is 6.64. The molecule has 0 aromatic heterocycles. The summed E-state index contributed by atoms with van der Waals surface area (Å²) in [7, 11) is 1.38. The highest BCUT2D eigenvalue weighted by atomic mass is 16.6. The number of nitrogens with one attached hydrogen (secondary N) is 1. The second-order valence-electron chi connectivity index (χ2n) is 7.08. The summed E-state index contributed by atoms with van der Waals surface area (Å²) in [5.74, 6) is -0.359. The minimum absolute atomic E-state index is 0.0112. The summed E-state index contributed by atoms with van der Waals surface area (Å²) in [4.78, 5) is 36.5. The quantitative estimate of drug-likeness (QED) is 0.649. The molecular weight excluding hydrogens is 348 g/mol. The Balaban J connectivity index is 1.92. The molecule has 7 heteroatoms. The Labute approximate surface area is 156 Å². The minimum Gasteiger partial charge on any atom is -0.490 e. The highest BCUT2D eigenvalue weighted by molar-refractivity contribution is 6.06. The molecule has 0 radical (unpaired) electrons. The van der Waals surface area contributed by atoms with Gasteiger partial charge in [-0.3, -0.25) is 19.7 Å². The van der Waals surface area contributed by atoms with E-state index in [4.69, 9.17) is 4.74 Å². The van der Waals surface area contributed by atoms with Crippen LogP contribution >= 0.6 is 0 Å². The van der Waals surface area contributed by atoms with Gasteiger partial charge in [-0.25, -0.2) is 0 Å². The average Bonchev–Trinajstić information content (AvgIpc) is 2.66. The molecule has 0 amide bonds. The fourth-order valence-electron chi connectivity index (χ4n) is 4.35. The van der Waals surface area contributed by atoms with E-state index in [1.54, 1.807) is 6.07 Å². The van der Waals surface area contributed by atoms with Crippen LogP contribution in [0.25, 0.3) is 0 Å². The Kier molecular flexibility index (Phi) is 4.30. The monoisotopic (exact) mass is 368 g/mol. The minimum atomic E-state index is -0.540. The van der Waals surface area contributed by atoms with E-state index in [9.17, 15) is 19.7 Å². The first-order valence-corrected chi connectivity index (χ1v) is 9.13. The molecule has 27 heavy (non-hydrogen) atoms. The van der Waals surface area contributed by atoms with E-state index in [2.05, 4.69) is 5.32 Å². The van der Waals surface area contributed by atoms with Crippen LogP contribution in [-0.4, -0.2) is 23.6 Å². The van der Waals surface area contributed by atoms with E-state index in [0.717, 1.165) is 37.1 Å². The lowest BCUT2D eigenvalue weighted by Gasteiger charge is -2.37. The summed E-state index contributed by atoms with van der Waals surface area (Å²) < 4.78 is 5.09. The number of nitro benzene ring substituents is 1. The predicted molar refractivity (Wildman–Crippen MR) is 97.3 cm³/mol. The van der Waals surface area contributed by atoms with Crippen LogP contribution in [0, 0.1) is 10.1 Å². The van der Waals surface area contributed by atoms with E-state index in [-0.39, 0.29) is 23.0 Å². The smallest absolute Gasteiger partial charge is 0.311 e. The first-order chi connectivity index (χ1) is 13.0. The molecule has 4 rings (SSSR count).